The first kappa shape index (κ1) is 11.5. The summed E-state index contributed by atoms with van der Waals surface area (Å²) >= 11 is 0. The number of aromatic nitrogens is 1. The molecule has 1 aromatic rings. The van der Waals surface area contributed by atoms with E-state index >= 15 is 0 Å². The number of hydroxylamine groups is 1. The monoisotopic (exact) mass is 235 g/mol. The van der Waals surface area contributed by atoms with Crippen LogP contribution in [0.1, 0.15) is 28.7 Å². The minimum atomic E-state index is -0.623. The van der Waals surface area contributed by atoms with Crippen LogP contribution in [0.4, 0.5) is 0 Å². The van der Waals surface area contributed by atoms with E-state index in [9.17, 15) is 9.59 Å². The second kappa shape index (κ2) is 4.50. The van der Waals surface area contributed by atoms with Crippen LogP contribution in [0.15, 0.2) is 12.1 Å². The lowest BCUT2D eigenvalue weighted by atomic mass is 10.0. The maximum Gasteiger partial charge on any atom is 0.293 e. The lowest BCUT2D eigenvalue weighted by Gasteiger charge is -2.27. The molecule has 6 nitrogen and oxygen atoms in total. The largest absolute Gasteiger partial charge is 0.338 e. The fraction of sp³-hybridized carbons (Fsp3) is 0.364. The number of pyridine rings is 1. The summed E-state index contributed by atoms with van der Waals surface area (Å²) in [6, 6.07) is 3.30. The number of fused-ring (bicyclic) bond motifs is 1. The van der Waals surface area contributed by atoms with Crippen LogP contribution >= 0.6 is 0 Å². The van der Waals surface area contributed by atoms with Gasteiger partial charge in [-0.1, -0.05) is 6.07 Å². The molecule has 6 heteroatoms. The molecule has 0 saturated heterocycles. The number of nitrogens with zero attached hydrogens (tertiary/aromatic N) is 2. The molecule has 1 aromatic heterocycles. The summed E-state index contributed by atoms with van der Waals surface area (Å²) in [5.41, 5.74) is 3.49. The highest BCUT2D eigenvalue weighted by molar-refractivity contribution is 5.91. The van der Waals surface area contributed by atoms with Crippen molar-refractivity contribution >= 4 is 11.8 Å². The fourth-order valence-corrected chi connectivity index (χ4v) is 1.87. The van der Waals surface area contributed by atoms with E-state index in [2.05, 4.69) is 4.98 Å². The molecule has 90 valence electrons. The number of hydrogen-bond donors (Lipinski definition) is 2. The van der Waals surface area contributed by atoms with Gasteiger partial charge in [0, 0.05) is 32.1 Å². The third-order valence-electron chi connectivity index (χ3n) is 2.83. The van der Waals surface area contributed by atoms with E-state index < -0.39 is 5.91 Å². The molecule has 0 fully saturated rings. The van der Waals surface area contributed by atoms with Crippen LogP contribution in [0.2, 0.25) is 0 Å². The van der Waals surface area contributed by atoms with E-state index in [0.29, 0.717) is 19.5 Å². The number of rotatable bonds is 1. The highest BCUT2D eigenvalue weighted by atomic mass is 16.5. The Morgan fingerprint density at radius 1 is 1.47 bits per heavy atom. The van der Waals surface area contributed by atoms with Gasteiger partial charge in [0.15, 0.2) is 0 Å². The second-order valence-corrected chi connectivity index (χ2v) is 3.93. The van der Waals surface area contributed by atoms with Gasteiger partial charge in [0.2, 0.25) is 5.91 Å². The van der Waals surface area contributed by atoms with Crippen LogP contribution in [0.5, 0.6) is 0 Å². The Morgan fingerprint density at radius 2 is 2.24 bits per heavy atom. The van der Waals surface area contributed by atoms with Crippen molar-refractivity contribution in [3.05, 3.63) is 29.1 Å². The fourth-order valence-electron chi connectivity index (χ4n) is 1.87. The molecule has 2 amide bonds. The number of amides is 2. The van der Waals surface area contributed by atoms with Crippen LogP contribution in [-0.4, -0.2) is 33.5 Å². The molecule has 0 radical (unpaired) electrons. The van der Waals surface area contributed by atoms with Gasteiger partial charge in [0.05, 0.1) is 0 Å². The van der Waals surface area contributed by atoms with Gasteiger partial charge < -0.3 is 4.90 Å². The minimum Gasteiger partial charge on any atom is -0.338 e. The summed E-state index contributed by atoms with van der Waals surface area (Å²) < 4.78 is 0. The summed E-state index contributed by atoms with van der Waals surface area (Å²) in [6.45, 7) is 2.67. The third-order valence-corrected chi connectivity index (χ3v) is 2.83. The van der Waals surface area contributed by atoms with Gasteiger partial charge in [0.1, 0.15) is 5.69 Å². The molecule has 0 bridgehead atoms. The Bertz CT molecular complexity index is 473. The molecule has 1 aliphatic heterocycles. The summed E-state index contributed by atoms with van der Waals surface area (Å²) in [4.78, 5) is 28.3. The smallest absolute Gasteiger partial charge is 0.293 e. The summed E-state index contributed by atoms with van der Waals surface area (Å²) in [6.07, 6.45) is 0.626. The maximum atomic E-state index is 11.2. The Hall–Kier alpha value is -1.95. The van der Waals surface area contributed by atoms with E-state index in [4.69, 9.17) is 5.21 Å². The number of carbonyl (C=O) groups is 2. The van der Waals surface area contributed by atoms with Crippen LogP contribution < -0.4 is 5.48 Å². The first-order valence-corrected chi connectivity index (χ1v) is 5.30. The lowest BCUT2D eigenvalue weighted by Crippen LogP contribution is -2.35. The molecule has 0 unspecified atom stereocenters. The van der Waals surface area contributed by atoms with Crippen LogP contribution in [0, 0.1) is 0 Å². The van der Waals surface area contributed by atoms with E-state index in [1.54, 1.807) is 16.4 Å². The van der Waals surface area contributed by atoms with Gasteiger partial charge in [-0.25, -0.2) is 10.5 Å². The third kappa shape index (κ3) is 2.26. The average Bonchev–Trinajstić information content (AvgIpc) is 2.36. The Balaban J connectivity index is 2.25. The predicted molar refractivity (Wildman–Crippen MR) is 58.3 cm³/mol. The highest BCUT2D eigenvalue weighted by Crippen LogP contribution is 2.17. The SMILES string of the molecule is CC(=O)N1CCc2nc(C(=O)NO)ccc2C1. The first-order valence-electron chi connectivity index (χ1n) is 5.30. The van der Waals surface area contributed by atoms with Gasteiger partial charge in [-0.3, -0.25) is 14.8 Å². The average molecular weight is 235 g/mol. The molecule has 0 atom stereocenters. The number of carbonyl (C=O) groups excluding carboxylic acids is 2. The molecule has 0 spiro atoms. The number of hydrogen-bond acceptors (Lipinski definition) is 4. The summed E-state index contributed by atoms with van der Waals surface area (Å²) in [5, 5.41) is 8.51. The van der Waals surface area contributed by atoms with E-state index in [1.165, 1.54) is 13.0 Å². The predicted octanol–water partition coefficient (Wildman–Crippen LogP) is 0.105. The minimum absolute atomic E-state index is 0.0350. The van der Waals surface area contributed by atoms with Crippen LogP contribution in [0.3, 0.4) is 0 Å². The van der Waals surface area contributed by atoms with Gasteiger partial charge in [-0.2, -0.15) is 0 Å². The lowest BCUT2D eigenvalue weighted by molar-refractivity contribution is -0.129. The maximum absolute atomic E-state index is 11.2. The molecule has 0 aliphatic carbocycles. The highest BCUT2D eigenvalue weighted by Gasteiger charge is 2.20. The Kier molecular flexibility index (Phi) is 3.06. The zero-order valence-corrected chi connectivity index (χ0v) is 9.43. The van der Waals surface area contributed by atoms with E-state index in [0.717, 1.165) is 11.3 Å². The molecule has 2 rings (SSSR count). The topological polar surface area (TPSA) is 82.5 Å². The summed E-state index contributed by atoms with van der Waals surface area (Å²) in [7, 11) is 0. The molecular formula is C11H13N3O3. The van der Waals surface area contributed by atoms with Crippen molar-refractivity contribution in [3.8, 4) is 0 Å². The zero-order chi connectivity index (χ0) is 12.4. The van der Waals surface area contributed by atoms with Crippen molar-refractivity contribution in [2.45, 2.75) is 19.9 Å². The first-order chi connectivity index (χ1) is 8.11. The van der Waals surface area contributed by atoms with Crippen LogP contribution in [0.25, 0.3) is 0 Å². The zero-order valence-electron chi connectivity index (χ0n) is 9.43. The van der Waals surface area contributed by atoms with Gasteiger partial charge >= 0.3 is 0 Å². The summed E-state index contributed by atoms with van der Waals surface area (Å²) in [5.74, 6) is -0.588. The van der Waals surface area contributed by atoms with Gasteiger partial charge in [-0.15, -0.1) is 0 Å². The van der Waals surface area contributed by atoms with E-state index in [-0.39, 0.29) is 11.6 Å². The van der Waals surface area contributed by atoms with Gasteiger partial charge in [-0.05, 0) is 11.6 Å². The second-order valence-electron chi connectivity index (χ2n) is 3.93. The molecule has 1 aliphatic rings. The molecular weight excluding hydrogens is 222 g/mol. The van der Waals surface area contributed by atoms with Crippen molar-refractivity contribution in [1.82, 2.24) is 15.4 Å². The van der Waals surface area contributed by atoms with Crippen molar-refractivity contribution in [1.29, 1.82) is 0 Å². The van der Waals surface area contributed by atoms with Crippen molar-refractivity contribution in [2.75, 3.05) is 6.54 Å². The molecule has 2 heterocycles. The van der Waals surface area contributed by atoms with E-state index in [1.807, 2.05) is 0 Å². The molecule has 2 N–H and O–H groups in total. The Labute approximate surface area is 98.2 Å². The quantitative estimate of drug-likeness (QED) is 0.534. The van der Waals surface area contributed by atoms with Crippen molar-refractivity contribution < 1.29 is 14.8 Å². The van der Waals surface area contributed by atoms with Gasteiger partial charge in [0.25, 0.3) is 5.91 Å². The molecule has 17 heavy (non-hydrogen) atoms. The number of nitrogens with one attached hydrogen (secondary N) is 1. The van der Waals surface area contributed by atoms with Crippen LogP contribution in [-0.2, 0) is 17.8 Å². The Morgan fingerprint density at radius 3 is 2.88 bits per heavy atom. The normalized spacial score (nSPS) is 14.1. The van der Waals surface area contributed by atoms with Crippen molar-refractivity contribution in [2.24, 2.45) is 0 Å². The molecule has 0 saturated carbocycles. The standard InChI is InChI=1S/C11H13N3O3/c1-7(15)14-5-4-9-8(6-14)2-3-10(12-9)11(16)13-17/h2-3,17H,4-6H2,1H3,(H,13,16). The molecule has 0 aromatic carbocycles. The van der Waals surface area contributed by atoms with Crippen molar-refractivity contribution in [3.63, 3.8) is 0 Å².